The zero-order valence-corrected chi connectivity index (χ0v) is 17.8. The number of nitrogens with zero attached hydrogens (tertiary/aromatic N) is 2. The lowest BCUT2D eigenvalue weighted by molar-refractivity contribution is -0.111. The van der Waals surface area contributed by atoms with Gasteiger partial charge >= 0.3 is 0 Å². The van der Waals surface area contributed by atoms with Crippen LogP contribution < -0.4 is 0 Å². The number of hydrogen-bond acceptors (Lipinski definition) is 4. The first kappa shape index (κ1) is 20.3. The van der Waals surface area contributed by atoms with E-state index in [1.165, 1.54) is 18.4 Å². The largest absolute Gasteiger partial charge is 0.390 e. The van der Waals surface area contributed by atoms with Crippen LogP contribution in [0.5, 0.6) is 0 Å². The smallest absolute Gasteiger partial charge is 0.0678 e. The third-order valence-electron chi connectivity index (χ3n) is 7.77. The minimum absolute atomic E-state index is 0.139. The molecular weight excluding hydrogens is 348 g/mol. The molecule has 0 radical (unpaired) electrons. The van der Waals surface area contributed by atoms with Gasteiger partial charge < -0.3 is 9.84 Å². The molecule has 0 bridgehead atoms. The van der Waals surface area contributed by atoms with Crippen LogP contribution in [0.15, 0.2) is 30.3 Å². The standard InChI is InChI=1S/C24H38N2O2/c1-22(21-7-4-3-5-8-21)10-11-23(2)19-24(27,12-14-26(23)20-22)9-6-13-25-15-17-28-18-16-25/h3-5,7-8,27H,6,9-20H2,1-2H3. The quantitative estimate of drug-likeness (QED) is 0.841. The zero-order valence-electron chi connectivity index (χ0n) is 17.8. The van der Waals surface area contributed by atoms with E-state index in [9.17, 15) is 5.11 Å². The lowest BCUT2D eigenvalue weighted by Crippen LogP contribution is -2.63. The molecule has 0 spiro atoms. The molecule has 28 heavy (non-hydrogen) atoms. The van der Waals surface area contributed by atoms with Gasteiger partial charge in [0.05, 0.1) is 18.8 Å². The number of rotatable bonds is 5. The van der Waals surface area contributed by atoms with E-state index in [-0.39, 0.29) is 11.0 Å². The number of aliphatic hydroxyl groups is 1. The van der Waals surface area contributed by atoms with Gasteiger partial charge in [0.25, 0.3) is 0 Å². The fourth-order valence-corrected chi connectivity index (χ4v) is 5.83. The molecule has 3 fully saturated rings. The average molecular weight is 387 g/mol. The van der Waals surface area contributed by atoms with Crippen LogP contribution in [0.4, 0.5) is 0 Å². The Morgan fingerprint density at radius 2 is 1.75 bits per heavy atom. The number of fused-ring (bicyclic) bond motifs is 1. The number of hydrogen-bond donors (Lipinski definition) is 1. The molecule has 0 amide bonds. The van der Waals surface area contributed by atoms with Crippen molar-refractivity contribution >= 4 is 0 Å². The first-order valence-corrected chi connectivity index (χ1v) is 11.2. The topological polar surface area (TPSA) is 35.9 Å². The van der Waals surface area contributed by atoms with E-state index >= 15 is 0 Å². The van der Waals surface area contributed by atoms with Crippen molar-refractivity contribution in [3.05, 3.63) is 35.9 Å². The van der Waals surface area contributed by atoms with E-state index in [0.29, 0.717) is 0 Å². The first-order chi connectivity index (χ1) is 13.4. The van der Waals surface area contributed by atoms with E-state index in [4.69, 9.17) is 4.74 Å². The lowest BCUT2D eigenvalue weighted by atomic mass is 9.65. The van der Waals surface area contributed by atoms with Crippen molar-refractivity contribution in [3.8, 4) is 0 Å². The van der Waals surface area contributed by atoms with Crippen LogP contribution in [-0.4, -0.2) is 72.0 Å². The zero-order chi connectivity index (χ0) is 19.7. The summed E-state index contributed by atoms with van der Waals surface area (Å²) in [6.07, 6.45) is 6.24. The van der Waals surface area contributed by atoms with Crippen molar-refractivity contribution in [3.63, 3.8) is 0 Å². The highest BCUT2D eigenvalue weighted by Crippen LogP contribution is 2.47. The molecule has 1 N–H and O–H groups in total. The van der Waals surface area contributed by atoms with E-state index in [1.54, 1.807) is 0 Å². The van der Waals surface area contributed by atoms with Crippen LogP contribution in [0.25, 0.3) is 0 Å². The highest BCUT2D eigenvalue weighted by Gasteiger charge is 2.50. The van der Waals surface area contributed by atoms with Crippen molar-refractivity contribution in [2.75, 3.05) is 45.9 Å². The summed E-state index contributed by atoms with van der Waals surface area (Å²) in [7, 11) is 0. The van der Waals surface area contributed by atoms with Gasteiger partial charge in [0.2, 0.25) is 0 Å². The predicted molar refractivity (Wildman–Crippen MR) is 114 cm³/mol. The Balaban J connectivity index is 1.34. The maximum absolute atomic E-state index is 11.4. The molecule has 3 saturated heterocycles. The molecule has 4 heteroatoms. The summed E-state index contributed by atoms with van der Waals surface area (Å²) < 4.78 is 5.44. The summed E-state index contributed by atoms with van der Waals surface area (Å²) in [5.41, 5.74) is 1.34. The van der Waals surface area contributed by atoms with Gasteiger partial charge in [-0.05, 0) is 57.6 Å². The van der Waals surface area contributed by atoms with Crippen LogP contribution >= 0.6 is 0 Å². The molecule has 1 aromatic rings. The first-order valence-electron chi connectivity index (χ1n) is 11.2. The number of ether oxygens (including phenoxy) is 1. The fourth-order valence-electron chi connectivity index (χ4n) is 5.83. The maximum atomic E-state index is 11.4. The third-order valence-corrected chi connectivity index (χ3v) is 7.77. The second-order valence-corrected chi connectivity index (χ2v) is 10.1. The van der Waals surface area contributed by atoms with E-state index in [0.717, 1.165) is 71.6 Å². The molecule has 3 heterocycles. The molecule has 4 nitrogen and oxygen atoms in total. The second-order valence-electron chi connectivity index (χ2n) is 10.1. The summed E-state index contributed by atoms with van der Waals surface area (Å²) in [6.45, 7) is 11.8. The minimum Gasteiger partial charge on any atom is -0.390 e. The van der Waals surface area contributed by atoms with Crippen LogP contribution in [0.2, 0.25) is 0 Å². The molecule has 3 aliphatic rings. The van der Waals surface area contributed by atoms with Crippen molar-refractivity contribution in [2.45, 2.75) is 68.9 Å². The van der Waals surface area contributed by atoms with Crippen molar-refractivity contribution in [1.29, 1.82) is 0 Å². The van der Waals surface area contributed by atoms with Gasteiger partial charge in [-0.15, -0.1) is 0 Å². The van der Waals surface area contributed by atoms with E-state index in [1.807, 2.05) is 0 Å². The van der Waals surface area contributed by atoms with Gasteiger partial charge in [-0.3, -0.25) is 9.80 Å². The second kappa shape index (κ2) is 8.06. The molecular formula is C24H38N2O2. The fraction of sp³-hybridized carbons (Fsp3) is 0.750. The van der Waals surface area contributed by atoms with Gasteiger partial charge in [0.1, 0.15) is 0 Å². The lowest BCUT2D eigenvalue weighted by Gasteiger charge is -2.57. The van der Waals surface area contributed by atoms with Gasteiger partial charge in [-0.2, -0.15) is 0 Å². The monoisotopic (exact) mass is 386 g/mol. The molecule has 3 atom stereocenters. The molecule has 156 valence electrons. The highest BCUT2D eigenvalue weighted by atomic mass is 16.5. The normalized spacial score (nSPS) is 37.5. The number of piperidine rings is 2. The van der Waals surface area contributed by atoms with Crippen LogP contribution in [-0.2, 0) is 10.2 Å². The Morgan fingerprint density at radius 3 is 2.50 bits per heavy atom. The summed E-state index contributed by atoms with van der Waals surface area (Å²) >= 11 is 0. The average Bonchev–Trinajstić information content (AvgIpc) is 2.70. The molecule has 3 unspecified atom stereocenters. The Morgan fingerprint density at radius 1 is 1.00 bits per heavy atom. The van der Waals surface area contributed by atoms with Gasteiger partial charge in [-0.25, -0.2) is 0 Å². The third kappa shape index (κ3) is 4.30. The Bertz CT molecular complexity index is 647. The Labute approximate surface area is 170 Å². The molecule has 0 aromatic heterocycles. The molecule has 0 aliphatic carbocycles. The van der Waals surface area contributed by atoms with Crippen LogP contribution in [0.3, 0.4) is 0 Å². The van der Waals surface area contributed by atoms with E-state index < -0.39 is 5.60 Å². The minimum atomic E-state index is -0.488. The summed E-state index contributed by atoms with van der Waals surface area (Å²) in [6, 6.07) is 11.0. The molecule has 1 aromatic carbocycles. The SMILES string of the molecule is CC1(c2ccccc2)CCC2(C)CC(O)(CCCN3CCOCC3)CCN2C1. The van der Waals surface area contributed by atoms with E-state index in [2.05, 4.69) is 54.0 Å². The van der Waals surface area contributed by atoms with Gasteiger partial charge in [0.15, 0.2) is 0 Å². The van der Waals surface area contributed by atoms with Crippen molar-refractivity contribution in [1.82, 2.24) is 9.80 Å². The van der Waals surface area contributed by atoms with Gasteiger partial charge in [-0.1, -0.05) is 37.3 Å². The van der Waals surface area contributed by atoms with Crippen LogP contribution in [0.1, 0.15) is 57.9 Å². The Hall–Kier alpha value is -0.940. The summed E-state index contributed by atoms with van der Waals surface area (Å²) in [5.74, 6) is 0. The molecule has 4 rings (SSSR count). The summed E-state index contributed by atoms with van der Waals surface area (Å²) in [5, 5.41) is 11.4. The molecule has 3 aliphatic heterocycles. The van der Waals surface area contributed by atoms with Crippen molar-refractivity contribution < 1.29 is 9.84 Å². The predicted octanol–water partition coefficient (Wildman–Crippen LogP) is 3.44. The Kier molecular flexibility index (Phi) is 5.85. The van der Waals surface area contributed by atoms with Gasteiger partial charge in [0, 0.05) is 37.1 Å². The maximum Gasteiger partial charge on any atom is 0.0678 e. The molecule has 0 saturated carbocycles. The van der Waals surface area contributed by atoms with Crippen molar-refractivity contribution in [2.24, 2.45) is 0 Å². The number of benzene rings is 1. The number of morpholine rings is 1. The van der Waals surface area contributed by atoms with Crippen LogP contribution in [0, 0.1) is 0 Å². The summed E-state index contributed by atoms with van der Waals surface area (Å²) in [4.78, 5) is 5.16. The highest BCUT2D eigenvalue weighted by molar-refractivity contribution is 5.27.